The maximum atomic E-state index is 11.0. The zero-order valence-electron chi connectivity index (χ0n) is 23.3. The summed E-state index contributed by atoms with van der Waals surface area (Å²) in [5.41, 5.74) is 8.30. The maximum absolute atomic E-state index is 11.0. The average molecular weight is 483 g/mol. The Morgan fingerprint density at radius 2 is 1.54 bits per heavy atom. The van der Waals surface area contributed by atoms with E-state index in [0.29, 0.717) is 5.75 Å². The predicted octanol–water partition coefficient (Wildman–Crippen LogP) is 8.36. The number of rotatable bonds is 12. The Balaban J connectivity index is 1.95. The molecule has 0 saturated carbocycles. The minimum Gasteiger partial charge on any atom is -0.487 e. The molecule has 1 aliphatic heterocycles. The Labute approximate surface area is 213 Å². The van der Waals surface area contributed by atoms with Crippen LogP contribution in [0.4, 0.5) is 0 Å². The van der Waals surface area contributed by atoms with Crippen molar-refractivity contribution in [3.05, 3.63) is 57.2 Å². The summed E-state index contributed by atoms with van der Waals surface area (Å²) in [6.45, 7) is 16.7. The monoisotopic (exact) mass is 482 g/mol. The van der Waals surface area contributed by atoms with Gasteiger partial charge in [0.2, 0.25) is 0 Å². The van der Waals surface area contributed by atoms with Gasteiger partial charge in [0.1, 0.15) is 17.1 Å². The molecule has 0 radical (unpaired) electrons. The highest BCUT2D eigenvalue weighted by Gasteiger charge is 2.34. The van der Waals surface area contributed by atoms with Crippen LogP contribution in [0.15, 0.2) is 34.9 Å². The van der Waals surface area contributed by atoms with Crippen LogP contribution in [-0.4, -0.2) is 23.3 Å². The molecule has 1 N–H and O–H groups in total. The summed E-state index contributed by atoms with van der Waals surface area (Å²) in [6.07, 6.45) is 15.4. The van der Waals surface area contributed by atoms with Gasteiger partial charge in [-0.2, -0.15) is 0 Å². The lowest BCUT2D eigenvalue weighted by molar-refractivity contribution is -0.139. The lowest BCUT2D eigenvalue weighted by atomic mass is 9.85. The van der Waals surface area contributed by atoms with Crippen LogP contribution in [0.1, 0.15) is 102 Å². The Morgan fingerprint density at radius 1 is 0.943 bits per heavy atom. The third kappa shape index (κ3) is 8.59. The summed E-state index contributed by atoms with van der Waals surface area (Å²) in [7, 11) is 0. The lowest BCUT2D eigenvalue weighted by Gasteiger charge is -2.38. The maximum Gasteiger partial charge on any atom is 0.341 e. The number of fused-ring (bicyclic) bond motifs is 1. The molecule has 1 aliphatic rings. The Bertz CT molecular complexity index is 992. The molecule has 0 aliphatic carbocycles. The van der Waals surface area contributed by atoms with Gasteiger partial charge in [-0.15, -0.1) is 0 Å². The quantitative estimate of drug-likeness (QED) is 0.304. The zero-order chi connectivity index (χ0) is 26.2. The lowest BCUT2D eigenvalue weighted by Crippen LogP contribution is -2.37. The van der Waals surface area contributed by atoms with Crippen molar-refractivity contribution >= 4 is 5.97 Å². The minimum atomic E-state index is -0.961. The predicted molar refractivity (Wildman–Crippen MR) is 146 cm³/mol. The second-order valence-corrected chi connectivity index (χ2v) is 10.7. The molecule has 0 aromatic heterocycles. The molecule has 35 heavy (non-hydrogen) atoms. The van der Waals surface area contributed by atoms with Crippen LogP contribution < -0.4 is 9.47 Å². The molecule has 1 heterocycles. The normalized spacial score (nSPS) is 18.1. The van der Waals surface area contributed by atoms with Crippen molar-refractivity contribution in [1.29, 1.82) is 0 Å². The van der Waals surface area contributed by atoms with Gasteiger partial charge in [-0.3, -0.25) is 0 Å². The molecule has 0 saturated heterocycles. The van der Waals surface area contributed by atoms with Gasteiger partial charge in [-0.1, -0.05) is 34.9 Å². The number of carboxylic acid groups (broad SMARTS) is 1. The summed E-state index contributed by atoms with van der Waals surface area (Å²) in [5, 5.41) is 9.01. The highest BCUT2D eigenvalue weighted by atomic mass is 16.5. The third-order valence-electron chi connectivity index (χ3n) is 7.19. The topological polar surface area (TPSA) is 55.8 Å². The average Bonchev–Trinajstić information content (AvgIpc) is 2.77. The van der Waals surface area contributed by atoms with Crippen LogP contribution in [0.2, 0.25) is 0 Å². The van der Waals surface area contributed by atoms with Gasteiger partial charge in [-0.25, -0.2) is 4.79 Å². The molecule has 0 fully saturated rings. The van der Waals surface area contributed by atoms with E-state index in [-0.39, 0.29) is 12.2 Å². The second-order valence-electron chi connectivity index (χ2n) is 10.7. The fourth-order valence-electron chi connectivity index (χ4n) is 4.77. The first-order valence-electron chi connectivity index (χ1n) is 13.0. The summed E-state index contributed by atoms with van der Waals surface area (Å²) in [4.78, 5) is 11.0. The van der Waals surface area contributed by atoms with Gasteiger partial charge in [0.15, 0.2) is 6.61 Å². The van der Waals surface area contributed by atoms with Gasteiger partial charge in [-0.05, 0) is 123 Å². The highest BCUT2D eigenvalue weighted by molar-refractivity contribution is 5.69. The molecular weight excluding hydrogens is 436 g/mol. The third-order valence-corrected chi connectivity index (χ3v) is 7.19. The van der Waals surface area contributed by atoms with Crippen molar-refractivity contribution in [3.63, 3.8) is 0 Å². The molecule has 0 amide bonds. The molecule has 0 spiro atoms. The van der Waals surface area contributed by atoms with Gasteiger partial charge < -0.3 is 14.6 Å². The molecule has 0 unspecified atom stereocenters. The van der Waals surface area contributed by atoms with Crippen LogP contribution in [0.3, 0.4) is 0 Å². The summed E-state index contributed by atoms with van der Waals surface area (Å²) in [6, 6.07) is 0. The van der Waals surface area contributed by atoms with Crippen molar-refractivity contribution in [3.8, 4) is 11.5 Å². The van der Waals surface area contributed by atoms with E-state index < -0.39 is 5.97 Å². The van der Waals surface area contributed by atoms with Crippen LogP contribution in [0.25, 0.3) is 0 Å². The Hall–Kier alpha value is -2.49. The van der Waals surface area contributed by atoms with Gasteiger partial charge in [0, 0.05) is 5.56 Å². The Morgan fingerprint density at radius 3 is 2.14 bits per heavy atom. The molecule has 1 atom stereocenters. The van der Waals surface area contributed by atoms with E-state index in [9.17, 15) is 4.79 Å². The first-order chi connectivity index (χ1) is 16.4. The van der Waals surface area contributed by atoms with E-state index in [1.807, 2.05) is 20.8 Å². The van der Waals surface area contributed by atoms with Gasteiger partial charge in [0.25, 0.3) is 0 Å². The minimum absolute atomic E-state index is 0.196. The number of hydrogen-bond acceptors (Lipinski definition) is 3. The zero-order valence-corrected chi connectivity index (χ0v) is 23.3. The number of aliphatic carboxylic acids is 1. The van der Waals surface area contributed by atoms with Crippen molar-refractivity contribution in [2.45, 2.75) is 112 Å². The van der Waals surface area contributed by atoms with Crippen molar-refractivity contribution in [2.24, 2.45) is 0 Å². The molecule has 0 bridgehead atoms. The summed E-state index contributed by atoms with van der Waals surface area (Å²) < 4.78 is 12.3. The van der Waals surface area contributed by atoms with E-state index in [4.69, 9.17) is 14.6 Å². The summed E-state index contributed by atoms with van der Waals surface area (Å²) in [5.74, 6) is 0.693. The number of carbonyl (C=O) groups is 1. The van der Waals surface area contributed by atoms with Gasteiger partial charge in [0.05, 0.1) is 0 Å². The van der Waals surface area contributed by atoms with E-state index in [1.165, 1.54) is 16.7 Å². The number of ether oxygens (including phenoxy) is 2. The largest absolute Gasteiger partial charge is 0.487 e. The summed E-state index contributed by atoms with van der Waals surface area (Å²) >= 11 is 0. The molecule has 1 aromatic rings. The van der Waals surface area contributed by atoms with Crippen LogP contribution in [0, 0.1) is 20.8 Å². The molecular formula is C31H46O4. The van der Waals surface area contributed by atoms with E-state index in [0.717, 1.165) is 79.4 Å². The first kappa shape index (κ1) is 28.7. The molecule has 2 rings (SSSR count). The van der Waals surface area contributed by atoms with Crippen molar-refractivity contribution in [1.82, 2.24) is 0 Å². The highest BCUT2D eigenvalue weighted by Crippen LogP contribution is 2.44. The molecule has 4 nitrogen and oxygen atoms in total. The van der Waals surface area contributed by atoms with Crippen LogP contribution >= 0.6 is 0 Å². The number of allylic oxidation sites excluding steroid dienone is 6. The fraction of sp³-hybridized carbons (Fsp3) is 0.581. The standard InChI is InChI=1S/C31H46O4/c1-21(2)12-9-13-22(3)14-10-15-23(4)16-11-18-31(8)19-17-27-26(7)29(34-20-28(32)33)24(5)25(6)30(27)35-31/h12,14,16H,9-11,13,15,17-20H2,1-8H3,(H,32,33)/b22-14+,23-16+/t31-/m1/s1. The van der Waals surface area contributed by atoms with E-state index >= 15 is 0 Å². The fourth-order valence-corrected chi connectivity index (χ4v) is 4.77. The molecule has 194 valence electrons. The SMILES string of the molecule is CC(C)=CCC/C(C)=C/CC/C(C)=C/CC[C@]1(C)CCc2c(C)c(OCC(=O)O)c(C)c(C)c2O1. The van der Waals surface area contributed by atoms with Gasteiger partial charge >= 0.3 is 5.97 Å². The smallest absolute Gasteiger partial charge is 0.341 e. The van der Waals surface area contributed by atoms with E-state index in [2.05, 4.69) is 52.8 Å². The van der Waals surface area contributed by atoms with Crippen molar-refractivity contribution < 1.29 is 19.4 Å². The van der Waals surface area contributed by atoms with Crippen LogP contribution in [-0.2, 0) is 11.2 Å². The molecule has 4 heteroatoms. The molecule has 1 aromatic carbocycles. The number of benzene rings is 1. The second kappa shape index (κ2) is 13.0. The Kier molecular flexibility index (Phi) is 10.7. The van der Waals surface area contributed by atoms with Crippen LogP contribution in [0.5, 0.6) is 11.5 Å². The van der Waals surface area contributed by atoms with Crippen molar-refractivity contribution in [2.75, 3.05) is 6.61 Å². The first-order valence-corrected chi connectivity index (χ1v) is 13.0. The number of carboxylic acids is 1. The van der Waals surface area contributed by atoms with E-state index in [1.54, 1.807) is 0 Å². The number of hydrogen-bond donors (Lipinski definition) is 1.